The maximum Gasteiger partial charge on any atom is 0.266 e. The van der Waals surface area contributed by atoms with Gasteiger partial charge in [-0.1, -0.05) is 0 Å². The maximum absolute atomic E-state index is 12.6. The monoisotopic (exact) mass is 378 g/mol. The molecule has 0 aliphatic heterocycles. The van der Waals surface area contributed by atoms with E-state index in [1.54, 1.807) is 30.6 Å². The number of hydrogen-bond acceptors (Lipinski definition) is 6. The fourth-order valence-corrected chi connectivity index (χ4v) is 2.75. The minimum atomic E-state index is -0.560. The molecular formula is C20H18N4O4. The third-order valence-electron chi connectivity index (χ3n) is 4.07. The quantitative estimate of drug-likeness (QED) is 0.504. The molecule has 0 fully saturated rings. The molecule has 2 heterocycles. The van der Waals surface area contributed by atoms with Crippen molar-refractivity contribution in [3.05, 3.63) is 47.8 Å². The molecule has 8 nitrogen and oxygen atoms in total. The normalized spacial score (nSPS) is 11.0. The maximum atomic E-state index is 12.6. The molecule has 0 unspecified atom stereocenters. The lowest BCUT2D eigenvalue weighted by atomic mass is 10.1. The van der Waals surface area contributed by atoms with Crippen LogP contribution in [0.25, 0.3) is 17.1 Å². The summed E-state index contributed by atoms with van der Waals surface area (Å²) in [6.45, 7) is 0. The zero-order valence-electron chi connectivity index (χ0n) is 15.6. The number of pyridine rings is 1. The van der Waals surface area contributed by atoms with Crippen molar-refractivity contribution < 1.29 is 19.0 Å². The van der Waals surface area contributed by atoms with Gasteiger partial charge >= 0.3 is 0 Å². The molecule has 28 heavy (non-hydrogen) atoms. The van der Waals surface area contributed by atoms with Crippen LogP contribution < -0.4 is 19.5 Å². The minimum Gasteiger partial charge on any atom is -0.493 e. The zero-order chi connectivity index (χ0) is 20.1. The molecule has 0 radical (unpaired) electrons. The number of methoxy groups -OCH3 is 3. The van der Waals surface area contributed by atoms with Gasteiger partial charge in [0.15, 0.2) is 11.5 Å². The van der Waals surface area contributed by atoms with Gasteiger partial charge in [-0.05, 0) is 18.2 Å². The molecule has 3 rings (SSSR count). The number of carbonyl (C=O) groups excluding carboxylic acids is 1. The summed E-state index contributed by atoms with van der Waals surface area (Å²) in [5, 5.41) is 13.0. The fourth-order valence-electron chi connectivity index (χ4n) is 2.75. The highest BCUT2D eigenvalue weighted by atomic mass is 16.5. The summed E-state index contributed by atoms with van der Waals surface area (Å²) in [4.78, 5) is 19.8. The van der Waals surface area contributed by atoms with Crippen LogP contribution in [0.15, 0.2) is 42.2 Å². The first kappa shape index (κ1) is 18.8. The Morgan fingerprint density at radius 3 is 2.54 bits per heavy atom. The van der Waals surface area contributed by atoms with E-state index >= 15 is 0 Å². The number of fused-ring (bicyclic) bond motifs is 1. The molecule has 0 atom stereocenters. The molecule has 2 aromatic heterocycles. The van der Waals surface area contributed by atoms with Crippen molar-refractivity contribution in [2.45, 2.75) is 0 Å². The molecule has 142 valence electrons. The number of ether oxygens (including phenoxy) is 3. The van der Waals surface area contributed by atoms with Crippen LogP contribution in [-0.2, 0) is 4.79 Å². The number of carbonyl (C=O) groups is 1. The predicted molar refractivity (Wildman–Crippen MR) is 104 cm³/mol. The molecule has 8 heteroatoms. The van der Waals surface area contributed by atoms with Crippen molar-refractivity contribution in [2.24, 2.45) is 0 Å². The predicted octanol–water partition coefficient (Wildman–Crippen LogP) is 3.13. The first-order valence-electron chi connectivity index (χ1n) is 8.26. The number of nitrogens with zero attached hydrogens (tertiary/aromatic N) is 2. The largest absolute Gasteiger partial charge is 0.493 e. The van der Waals surface area contributed by atoms with Gasteiger partial charge in [0.2, 0.25) is 5.75 Å². The van der Waals surface area contributed by atoms with Gasteiger partial charge < -0.3 is 24.5 Å². The van der Waals surface area contributed by atoms with E-state index in [0.717, 1.165) is 5.39 Å². The second-order valence-electron chi connectivity index (χ2n) is 5.68. The number of amides is 1. The van der Waals surface area contributed by atoms with Crippen LogP contribution in [0.4, 0.5) is 5.69 Å². The standard InChI is InChI=1S/C20H18N4O4/c1-26-16-8-14(9-17(27-2)18(16)28-3)24-20(25)12(10-21)7-13-11-23-19-15(13)5-4-6-22-19/h4-9,11H,1-3H3,(H,22,23)(H,24,25)/b12-7+. The van der Waals surface area contributed by atoms with E-state index in [9.17, 15) is 10.1 Å². The van der Waals surface area contributed by atoms with Crippen LogP contribution in [0, 0.1) is 11.3 Å². The van der Waals surface area contributed by atoms with Gasteiger partial charge in [-0.3, -0.25) is 4.79 Å². The number of nitriles is 1. The second kappa shape index (κ2) is 8.14. The van der Waals surface area contributed by atoms with Gasteiger partial charge in [0.25, 0.3) is 5.91 Å². The Labute approximate surface area is 161 Å². The van der Waals surface area contributed by atoms with Crippen molar-refractivity contribution in [3.63, 3.8) is 0 Å². The van der Waals surface area contributed by atoms with Gasteiger partial charge in [-0.15, -0.1) is 0 Å². The lowest BCUT2D eigenvalue weighted by molar-refractivity contribution is -0.112. The Balaban J connectivity index is 1.92. The number of aromatic nitrogens is 2. The van der Waals surface area contributed by atoms with Crippen molar-refractivity contribution >= 4 is 28.7 Å². The molecule has 0 saturated heterocycles. The van der Waals surface area contributed by atoms with E-state index in [2.05, 4.69) is 15.3 Å². The van der Waals surface area contributed by atoms with Crippen LogP contribution in [0.5, 0.6) is 17.2 Å². The van der Waals surface area contributed by atoms with E-state index < -0.39 is 5.91 Å². The highest BCUT2D eigenvalue weighted by Crippen LogP contribution is 2.40. The summed E-state index contributed by atoms with van der Waals surface area (Å²) < 4.78 is 15.8. The SMILES string of the molecule is COc1cc(NC(=O)/C(C#N)=C/c2c[nH]c3ncccc23)cc(OC)c1OC. The summed E-state index contributed by atoms with van der Waals surface area (Å²) in [6.07, 6.45) is 4.87. The number of benzene rings is 1. The Kier molecular flexibility index (Phi) is 5.46. The number of H-pyrrole nitrogens is 1. The van der Waals surface area contributed by atoms with E-state index in [1.807, 2.05) is 12.1 Å². The van der Waals surface area contributed by atoms with E-state index in [0.29, 0.717) is 34.1 Å². The highest BCUT2D eigenvalue weighted by molar-refractivity contribution is 6.10. The number of nitrogens with one attached hydrogen (secondary N) is 2. The lowest BCUT2D eigenvalue weighted by Gasteiger charge is -2.14. The van der Waals surface area contributed by atoms with Crippen LogP contribution in [0.2, 0.25) is 0 Å². The Hall–Kier alpha value is -3.99. The van der Waals surface area contributed by atoms with Gasteiger partial charge in [-0.2, -0.15) is 5.26 Å². The molecule has 3 aromatic rings. The molecule has 0 aliphatic carbocycles. The van der Waals surface area contributed by atoms with Crippen LogP contribution in [-0.4, -0.2) is 37.2 Å². The molecular weight excluding hydrogens is 360 g/mol. The number of hydrogen-bond donors (Lipinski definition) is 2. The van der Waals surface area contributed by atoms with Gasteiger partial charge in [0.05, 0.1) is 21.3 Å². The van der Waals surface area contributed by atoms with Gasteiger partial charge in [-0.25, -0.2) is 4.98 Å². The highest BCUT2D eigenvalue weighted by Gasteiger charge is 2.16. The first-order chi connectivity index (χ1) is 13.6. The Morgan fingerprint density at radius 1 is 1.21 bits per heavy atom. The van der Waals surface area contributed by atoms with Gasteiger partial charge in [0.1, 0.15) is 17.3 Å². The number of aromatic amines is 1. The molecule has 0 aliphatic rings. The van der Waals surface area contributed by atoms with E-state index in [1.165, 1.54) is 27.4 Å². The van der Waals surface area contributed by atoms with Gasteiger partial charge in [0, 0.05) is 41.2 Å². The topological polar surface area (TPSA) is 109 Å². The average Bonchev–Trinajstić information content (AvgIpc) is 3.13. The Bertz CT molecular complexity index is 1070. The molecule has 0 bridgehead atoms. The zero-order valence-corrected chi connectivity index (χ0v) is 15.6. The summed E-state index contributed by atoms with van der Waals surface area (Å²) in [6, 6.07) is 8.75. The Morgan fingerprint density at radius 2 is 1.93 bits per heavy atom. The average molecular weight is 378 g/mol. The fraction of sp³-hybridized carbons (Fsp3) is 0.150. The summed E-state index contributed by atoms with van der Waals surface area (Å²) >= 11 is 0. The van der Waals surface area contributed by atoms with Crippen LogP contribution in [0.3, 0.4) is 0 Å². The summed E-state index contributed by atoms with van der Waals surface area (Å²) in [7, 11) is 4.45. The van der Waals surface area contributed by atoms with Crippen LogP contribution in [0.1, 0.15) is 5.56 Å². The molecule has 1 amide bonds. The van der Waals surface area contributed by atoms with Crippen molar-refractivity contribution in [1.82, 2.24) is 9.97 Å². The molecule has 0 spiro atoms. The minimum absolute atomic E-state index is 0.0569. The summed E-state index contributed by atoms with van der Waals surface area (Å²) in [5.74, 6) is 0.630. The molecule has 0 saturated carbocycles. The van der Waals surface area contributed by atoms with E-state index in [-0.39, 0.29) is 5.57 Å². The van der Waals surface area contributed by atoms with Crippen LogP contribution >= 0.6 is 0 Å². The molecule has 1 aromatic carbocycles. The van der Waals surface area contributed by atoms with E-state index in [4.69, 9.17) is 14.2 Å². The smallest absolute Gasteiger partial charge is 0.266 e. The van der Waals surface area contributed by atoms with Crippen molar-refractivity contribution in [2.75, 3.05) is 26.6 Å². The van der Waals surface area contributed by atoms with Crippen molar-refractivity contribution in [1.29, 1.82) is 5.26 Å². The number of rotatable bonds is 6. The van der Waals surface area contributed by atoms with Crippen molar-refractivity contribution in [3.8, 4) is 23.3 Å². The molecule has 2 N–H and O–H groups in total. The third-order valence-corrected chi connectivity index (χ3v) is 4.07. The first-order valence-corrected chi connectivity index (χ1v) is 8.26. The third kappa shape index (κ3) is 3.59. The second-order valence-corrected chi connectivity index (χ2v) is 5.68. The lowest BCUT2D eigenvalue weighted by Crippen LogP contribution is -2.13. The summed E-state index contributed by atoms with van der Waals surface area (Å²) in [5.41, 5.74) is 1.72. The number of anilines is 1.